The molecule has 1 saturated carbocycles. The van der Waals surface area contributed by atoms with Crippen molar-refractivity contribution >= 4 is 34.2 Å². The van der Waals surface area contributed by atoms with E-state index in [1.165, 1.54) is 12.8 Å². The molecule has 0 amide bonds. The fourth-order valence-corrected chi connectivity index (χ4v) is 3.06. The molecule has 20 heavy (non-hydrogen) atoms. The Bertz CT molecular complexity index is 619. The Morgan fingerprint density at radius 2 is 2.20 bits per heavy atom. The van der Waals surface area contributed by atoms with Gasteiger partial charge < -0.3 is 4.57 Å². The lowest BCUT2D eigenvalue weighted by molar-refractivity contribution is 0.226. The second kappa shape index (κ2) is 5.55. The van der Waals surface area contributed by atoms with Gasteiger partial charge >= 0.3 is 0 Å². The molecule has 1 aliphatic rings. The van der Waals surface area contributed by atoms with Crippen LogP contribution in [0.5, 0.6) is 0 Å². The Hall–Kier alpha value is -0.770. The topological polar surface area (TPSA) is 21.1 Å². The number of alkyl halides is 1. The summed E-state index contributed by atoms with van der Waals surface area (Å²) in [6, 6.07) is 7.07. The molecule has 1 unspecified atom stereocenters. The average Bonchev–Trinajstić information content (AvgIpc) is 3.22. The van der Waals surface area contributed by atoms with Crippen molar-refractivity contribution in [1.82, 2.24) is 14.5 Å². The molecule has 0 spiro atoms. The summed E-state index contributed by atoms with van der Waals surface area (Å²) in [7, 11) is 2.21. The van der Waals surface area contributed by atoms with Crippen LogP contribution >= 0.6 is 23.2 Å². The number of hydrogen-bond donors (Lipinski definition) is 0. The highest BCUT2D eigenvalue weighted by Gasteiger charge is 2.29. The lowest BCUT2D eigenvalue weighted by atomic mass is 10.2. The Balaban J connectivity index is 1.92. The van der Waals surface area contributed by atoms with Crippen LogP contribution in [0.25, 0.3) is 11.0 Å². The zero-order valence-corrected chi connectivity index (χ0v) is 13.3. The molecule has 108 valence electrons. The number of hydrogen-bond acceptors (Lipinski definition) is 2. The second-order valence-electron chi connectivity index (χ2n) is 5.65. The van der Waals surface area contributed by atoms with E-state index in [0.717, 1.165) is 29.4 Å². The minimum absolute atomic E-state index is 0.423. The number of imidazole rings is 1. The van der Waals surface area contributed by atoms with Gasteiger partial charge in [-0.15, -0.1) is 11.6 Å². The summed E-state index contributed by atoms with van der Waals surface area (Å²) in [6.45, 7) is 3.17. The fourth-order valence-electron chi connectivity index (χ4n) is 2.69. The van der Waals surface area contributed by atoms with Crippen molar-refractivity contribution in [2.45, 2.75) is 44.3 Å². The van der Waals surface area contributed by atoms with Crippen LogP contribution in [0, 0.1) is 0 Å². The lowest BCUT2D eigenvalue weighted by Gasteiger charge is -2.25. The van der Waals surface area contributed by atoms with Crippen LogP contribution in [0.3, 0.4) is 0 Å². The molecule has 0 saturated heterocycles. The Labute approximate surface area is 129 Å². The zero-order valence-electron chi connectivity index (χ0n) is 11.8. The molecule has 0 N–H and O–H groups in total. The summed E-state index contributed by atoms with van der Waals surface area (Å²) >= 11 is 12.1. The number of halogens is 2. The monoisotopic (exact) mass is 311 g/mol. The first kappa shape index (κ1) is 14.2. The van der Waals surface area contributed by atoms with Crippen LogP contribution < -0.4 is 0 Å². The summed E-state index contributed by atoms with van der Waals surface area (Å²) in [4.78, 5) is 7.05. The van der Waals surface area contributed by atoms with Gasteiger partial charge in [0.1, 0.15) is 5.82 Å². The average molecular weight is 312 g/mol. The van der Waals surface area contributed by atoms with Gasteiger partial charge in [0.25, 0.3) is 0 Å². The Morgan fingerprint density at radius 1 is 1.45 bits per heavy atom. The molecule has 3 nitrogen and oxygen atoms in total. The quantitative estimate of drug-likeness (QED) is 0.781. The van der Waals surface area contributed by atoms with Gasteiger partial charge in [0, 0.05) is 23.7 Å². The predicted octanol–water partition coefficient (Wildman–Crippen LogP) is 3.91. The van der Waals surface area contributed by atoms with Crippen LogP contribution in [0.1, 0.15) is 25.6 Å². The smallest absolute Gasteiger partial charge is 0.124 e. The number of nitrogens with zero attached hydrogens (tertiary/aromatic N) is 3. The largest absolute Gasteiger partial charge is 0.325 e. The van der Waals surface area contributed by atoms with E-state index in [1.807, 2.05) is 18.2 Å². The summed E-state index contributed by atoms with van der Waals surface area (Å²) in [5.74, 6) is 1.34. The van der Waals surface area contributed by atoms with Crippen LogP contribution in [-0.4, -0.2) is 33.6 Å². The predicted molar refractivity (Wildman–Crippen MR) is 84.5 cm³/mol. The van der Waals surface area contributed by atoms with Crippen molar-refractivity contribution in [3.8, 4) is 0 Å². The molecule has 0 radical (unpaired) electrons. The van der Waals surface area contributed by atoms with Crippen molar-refractivity contribution in [1.29, 1.82) is 0 Å². The van der Waals surface area contributed by atoms with Gasteiger partial charge in [0.15, 0.2) is 0 Å². The van der Waals surface area contributed by atoms with E-state index >= 15 is 0 Å². The first-order valence-electron chi connectivity index (χ1n) is 7.02. The summed E-state index contributed by atoms with van der Waals surface area (Å²) in [5, 5.41) is 0.714. The molecular formula is C15H19Cl2N3. The SMILES string of the molecule is CC(Cn1c(CCl)nc2cc(Cl)ccc21)N(C)C1CC1. The molecule has 5 heteroatoms. The van der Waals surface area contributed by atoms with Crippen LogP contribution in [0.15, 0.2) is 18.2 Å². The standard InChI is InChI=1S/C15H19Cl2N3/c1-10(19(2)12-4-5-12)9-20-14-6-3-11(17)7-13(14)18-15(20)8-16/h3,6-7,10,12H,4-5,8-9H2,1-2H3. The van der Waals surface area contributed by atoms with E-state index < -0.39 is 0 Å². The van der Waals surface area contributed by atoms with Gasteiger partial charge in [-0.05, 0) is 45.0 Å². The third-order valence-corrected chi connectivity index (χ3v) is 4.65. The maximum absolute atomic E-state index is 6.05. The molecule has 3 rings (SSSR count). The molecule has 1 aromatic heterocycles. The van der Waals surface area contributed by atoms with Crippen molar-refractivity contribution in [2.24, 2.45) is 0 Å². The van der Waals surface area contributed by atoms with Gasteiger partial charge in [-0.3, -0.25) is 4.90 Å². The van der Waals surface area contributed by atoms with Crippen molar-refractivity contribution in [3.05, 3.63) is 29.0 Å². The van der Waals surface area contributed by atoms with Gasteiger partial charge in [-0.2, -0.15) is 0 Å². The number of rotatable bonds is 5. The van der Waals surface area contributed by atoms with Crippen LogP contribution in [0.2, 0.25) is 5.02 Å². The molecule has 0 bridgehead atoms. The van der Waals surface area contributed by atoms with Crippen molar-refractivity contribution in [3.63, 3.8) is 0 Å². The van der Waals surface area contributed by atoms with E-state index in [4.69, 9.17) is 23.2 Å². The van der Waals surface area contributed by atoms with E-state index in [9.17, 15) is 0 Å². The fraction of sp³-hybridized carbons (Fsp3) is 0.533. The molecule has 1 heterocycles. The van der Waals surface area contributed by atoms with Crippen LogP contribution in [0.4, 0.5) is 0 Å². The Kier molecular flexibility index (Phi) is 3.93. The van der Waals surface area contributed by atoms with Gasteiger partial charge in [-0.25, -0.2) is 4.98 Å². The molecule has 1 aliphatic carbocycles. The van der Waals surface area contributed by atoms with Crippen molar-refractivity contribution in [2.75, 3.05) is 7.05 Å². The minimum atomic E-state index is 0.423. The molecule has 1 atom stereocenters. The maximum Gasteiger partial charge on any atom is 0.124 e. The summed E-state index contributed by atoms with van der Waals surface area (Å²) in [5.41, 5.74) is 2.04. The number of likely N-dealkylation sites (N-methyl/N-ethyl adjacent to an activating group) is 1. The second-order valence-corrected chi connectivity index (χ2v) is 6.35. The zero-order chi connectivity index (χ0) is 14.3. The third kappa shape index (κ3) is 2.67. The van der Waals surface area contributed by atoms with E-state index in [2.05, 4.69) is 28.4 Å². The normalized spacial score (nSPS) is 17.1. The first-order valence-corrected chi connectivity index (χ1v) is 7.94. The van der Waals surface area contributed by atoms with Gasteiger partial charge in [0.05, 0.1) is 16.9 Å². The molecule has 1 aromatic carbocycles. The van der Waals surface area contributed by atoms with Crippen LogP contribution in [-0.2, 0) is 12.4 Å². The third-order valence-electron chi connectivity index (χ3n) is 4.17. The summed E-state index contributed by atoms with van der Waals surface area (Å²) < 4.78 is 2.22. The number of benzene rings is 1. The molecular weight excluding hydrogens is 293 g/mol. The minimum Gasteiger partial charge on any atom is -0.325 e. The highest BCUT2D eigenvalue weighted by molar-refractivity contribution is 6.31. The first-order chi connectivity index (χ1) is 9.60. The summed E-state index contributed by atoms with van der Waals surface area (Å²) in [6.07, 6.45) is 2.65. The highest BCUT2D eigenvalue weighted by Crippen LogP contribution is 2.28. The lowest BCUT2D eigenvalue weighted by Crippen LogP contribution is -2.34. The highest BCUT2D eigenvalue weighted by atomic mass is 35.5. The molecule has 0 aliphatic heterocycles. The van der Waals surface area contributed by atoms with Gasteiger partial charge in [0.2, 0.25) is 0 Å². The number of aromatic nitrogens is 2. The Morgan fingerprint density at radius 3 is 2.85 bits per heavy atom. The van der Waals surface area contributed by atoms with Gasteiger partial charge in [-0.1, -0.05) is 11.6 Å². The molecule has 1 fully saturated rings. The number of fused-ring (bicyclic) bond motifs is 1. The van der Waals surface area contributed by atoms with E-state index in [0.29, 0.717) is 16.9 Å². The molecule has 2 aromatic rings. The van der Waals surface area contributed by atoms with Crippen molar-refractivity contribution < 1.29 is 0 Å². The van der Waals surface area contributed by atoms with E-state index in [1.54, 1.807) is 0 Å². The maximum atomic E-state index is 6.05. The van der Waals surface area contributed by atoms with E-state index in [-0.39, 0.29) is 0 Å².